The average molecular weight is 340 g/mol. The standard InChI is InChI=1S/C15H24N4O3S/c1-12-14(8-7-9-16-12)17-15(20)13(2)18-23(21,22)19-10-5-3-4-6-11-19/h7-9,13,18H,3-6,10-11H2,1-2H3,(H,17,20)/t13-/m0/s1. The van der Waals surface area contributed by atoms with Crippen LogP contribution in [-0.4, -0.2) is 42.7 Å². The number of nitrogens with zero attached hydrogens (tertiary/aromatic N) is 2. The van der Waals surface area contributed by atoms with Crippen LogP contribution in [0.25, 0.3) is 0 Å². The largest absolute Gasteiger partial charge is 0.323 e. The van der Waals surface area contributed by atoms with Crippen molar-refractivity contribution >= 4 is 21.8 Å². The van der Waals surface area contributed by atoms with Crippen LogP contribution in [0.5, 0.6) is 0 Å². The number of nitrogens with one attached hydrogen (secondary N) is 2. The van der Waals surface area contributed by atoms with E-state index in [1.165, 1.54) is 11.2 Å². The van der Waals surface area contributed by atoms with Gasteiger partial charge in [-0.1, -0.05) is 12.8 Å². The summed E-state index contributed by atoms with van der Waals surface area (Å²) in [6.45, 7) is 4.33. The van der Waals surface area contributed by atoms with E-state index >= 15 is 0 Å². The van der Waals surface area contributed by atoms with Crippen molar-refractivity contribution in [3.05, 3.63) is 24.0 Å². The molecule has 2 rings (SSSR count). The number of carbonyl (C=O) groups excluding carboxylic acids is 1. The normalized spacial score (nSPS) is 18.2. The first-order valence-electron chi connectivity index (χ1n) is 7.90. The predicted molar refractivity (Wildman–Crippen MR) is 89.2 cm³/mol. The molecule has 8 heteroatoms. The third-order valence-corrected chi connectivity index (χ3v) is 5.59. The van der Waals surface area contributed by atoms with Crippen LogP contribution in [0.15, 0.2) is 18.3 Å². The number of aromatic nitrogens is 1. The van der Waals surface area contributed by atoms with Gasteiger partial charge >= 0.3 is 0 Å². The minimum atomic E-state index is -3.65. The van der Waals surface area contributed by atoms with Gasteiger partial charge in [-0.15, -0.1) is 0 Å². The zero-order valence-corrected chi connectivity index (χ0v) is 14.4. The van der Waals surface area contributed by atoms with E-state index in [2.05, 4.69) is 15.0 Å². The zero-order valence-electron chi connectivity index (χ0n) is 13.6. The first kappa shape index (κ1) is 17.8. The highest BCUT2D eigenvalue weighted by atomic mass is 32.2. The highest BCUT2D eigenvalue weighted by Gasteiger charge is 2.27. The number of pyridine rings is 1. The third-order valence-electron chi connectivity index (χ3n) is 3.89. The molecule has 23 heavy (non-hydrogen) atoms. The summed E-state index contributed by atoms with van der Waals surface area (Å²) in [7, 11) is -3.65. The molecule has 0 saturated carbocycles. The third kappa shape index (κ3) is 4.98. The molecular formula is C15H24N4O3S. The molecule has 0 radical (unpaired) electrons. The molecule has 0 aliphatic carbocycles. The van der Waals surface area contributed by atoms with Gasteiger partial charge in [-0.3, -0.25) is 9.78 Å². The van der Waals surface area contributed by atoms with Gasteiger partial charge in [0.2, 0.25) is 5.91 Å². The van der Waals surface area contributed by atoms with Crippen molar-refractivity contribution in [3.8, 4) is 0 Å². The Bertz CT molecular complexity index is 640. The Labute approximate surface area is 137 Å². The molecule has 1 atom stereocenters. The second-order valence-corrected chi connectivity index (χ2v) is 7.49. The van der Waals surface area contributed by atoms with E-state index in [1.54, 1.807) is 25.3 Å². The summed E-state index contributed by atoms with van der Waals surface area (Å²) in [5, 5.41) is 2.70. The van der Waals surface area contributed by atoms with Gasteiger partial charge in [0, 0.05) is 19.3 Å². The monoisotopic (exact) mass is 340 g/mol. The van der Waals surface area contributed by atoms with Gasteiger partial charge in [0.1, 0.15) is 0 Å². The van der Waals surface area contributed by atoms with Gasteiger partial charge in [0.25, 0.3) is 10.2 Å². The average Bonchev–Trinajstić information content (AvgIpc) is 2.79. The van der Waals surface area contributed by atoms with E-state index in [9.17, 15) is 13.2 Å². The van der Waals surface area contributed by atoms with Crippen molar-refractivity contribution in [3.63, 3.8) is 0 Å². The Balaban J connectivity index is 1.98. The second-order valence-electron chi connectivity index (χ2n) is 5.78. The maximum absolute atomic E-state index is 12.4. The van der Waals surface area contributed by atoms with Crippen molar-refractivity contribution in [2.45, 2.75) is 45.6 Å². The summed E-state index contributed by atoms with van der Waals surface area (Å²) in [4.78, 5) is 16.3. The van der Waals surface area contributed by atoms with E-state index in [4.69, 9.17) is 0 Å². The Hall–Kier alpha value is -1.51. The molecule has 1 aromatic rings. The highest BCUT2D eigenvalue weighted by Crippen LogP contribution is 2.14. The van der Waals surface area contributed by atoms with Gasteiger partial charge in [-0.25, -0.2) is 0 Å². The number of anilines is 1. The number of amides is 1. The maximum Gasteiger partial charge on any atom is 0.280 e. The summed E-state index contributed by atoms with van der Waals surface area (Å²) in [5.74, 6) is -0.403. The number of hydrogen-bond acceptors (Lipinski definition) is 4. The van der Waals surface area contributed by atoms with Crippen LogP contribution >= 0.6 is 0 Å². The first-order valence-corrected chi connectivity index (χ1v) is 9.34. The molecule has 0 bridgehead atoms. The van der Waals surface area contributed by atoms with Gasteiger partial charge < -0.3 is 5.32 Å². The Kier molecular flexibility index (Phi) is 6.09. The van der Waals surface area contributed by atoms with E-state index in [0.29, 0.717) is 24.5 Å². The lowest BCUT2D eigenvalue weighted by Gasteiger charge is -2.23. The van der Waals surface area contributed by atoms with Crippen LogP contribution < -0.4 is 10.0 Å². The number of aryl methyl sites for hydroxylation is 1. The van der Waals surface area contributed by atoms with Crippen LogP contribution in [0.1, 0.15) is 38.3 Å². The van der Waals surface area contributed by atoms with Crippen molar-refractivity contribution in [1.82, 2.24) is 14.0 Å². The molecule has 1 aliphatic heterocycles. The fourth-order valence-corrected chi connectivity index (χ4v) is 3.93. The topological polar surface area (TPSA) is 91.4 Å². The number of carbonyl (C=O) groups is 1. The zero-order chi connectivity index (χ0) is 16.9. The fraction of sp³-hybridized carbons (Fsp3) is 0.600. The summed E-state index contributed by atoms with van der Waals surface area (Å²) < 4.78 is 28.7. The number of hydrogen-bond donors (Lipinski definition) is 2. The molecule has 1 aliphatic rings. The van der Waals surface area contributed by atoms with Crippen molar-refractivity contribution in [2.24, 2.45) is 0 Å². The predicted octanol–water partition coefficient (Wildman–Crippen LogP) is 1.43. The van der Waals surface area contributed by atoms with Gasteiger partial charge in [0.15, 0.2) is 0 Å². The molecule has 2 heterocycles. The van der Waals surface area contributed by atoms with Crippen LogP contribution in [0.2, 0.25) is 0 Å². The summed E-state index contributed by atoms with van der Waals surface area (Å²) in [5.41, 5.74) is 1.27. The van der Waals surface area contributed by atoms with E-state index in [0.717, 1.165) is 25.7 Å². The molecular weight excluding hydrogens is 316 g/mol. The molecule has 1 aromatic heterocycles. The second kappa shape index (κ2) is 7.85. The summed E-state index contributed by atoms with van der Waals surface area (Å²) >= 11 is 0. The molecule has 128 valence electrons. The lowest BCUT2D eigenvalue weighted by atomic mass is 10.2. The fourth-order valence-electron chi connectivity index (χ4n) is 2.49. The first-order chi connectivity index (χ1) is 10.9. The lowest BCUT2D eigenvalue weighted by molar-refractivity contribution is -0.117. The molecule has 2 N–H and O–H groups in total. The van der Waals surface area contributed by atoms with Crippen molar-refractivity contribution in [1.29, 1.82) is 0 Å². The minimum absolute atomic E-state index is 0.403. The Morgan fingerprint density at radius 2 is 1.91 bits per heavy atom. The molecule has 1 fully saturated rings. The number of rotatable bonds is 5. The summed E-state index contributed by atoms with van der Waals surface area (Å²) in [6, 6.07) is 2.59. The van der Waals surface area contributed by atoms with Crippen LogP contribution in [0, 0.1) is 6.92 Å². The van der Waals surface area contributed by atoms with Crippen molar-refractivity contribution < 1.29 is 13.2 Å². The Morgan fingerprint density at radius 3 is 2.52 bits per heavy atom. The van der Waals surface area contributed by atoms with Gasteiger partial charge in [-0.2, -0.15) is 17.4 Å². The lowest BCUT2D eigenvalue weighted by Crippen LogP contribution is -2.48. The van der Waals surface area contributed by atoms with E-state index in [1.807, 2.05) is 0 Å². The van der Waals surface area contributed by atoms with Crippen LogP contribution in [0.3, 0.4) is 0 Å². The van der Waals surface area contributed by atoms with E-state index in [-0.39, 0.29) is 0 Å². The molecule has 7 nitrogen and oxygen atoms in total. The van der Waals surface area contributed by atoms with Crippen molar-refractivity contribution in [2.75, 3.05) is 18.4 Å². The summed E-state index contributed by atoms with van der Waals surface area (Å²) in [6.07, 6.45) is 5.44. The van der Waals surface area contributed by atoms with E-state index < -0.39 is 22.2 Å². The molecule has 1 amide bonds. The van der Waals surface area contributed by atoms with Crippen LogP contribution in [-0.2, 0) is 15.0 Å². The highest BCUT2D eigenvalue weighted by molar-refractivity contribution is 7.87. The molecule has 1 saturated heterocycles. The quantitative estimate of drug-likeness (QED) is 0.848. The molecule has 0 aromatic carbocycles. The molecule has 0 unspecified atom stereocenters. The Morgan fingerprint density at radius 1 is 1.26 bits per heavy atom. The van der Waals surface area contributed by atoms with Gasteiger partial charge in [0.05, 0.1) is 17.4 Å². The molecule has 0 spiro atoms. The minimum Gasteiger partial charge on any atom is -0.323 e. The smallest absolute Gasteiger partial charge is 0.280 e. The maximum atomic E-state index is 12.4. The van der Waals surface area contributed by atoms with Gasteiger partial charge in [-0.05, 0) is 38.8 Å². The SMILES string of the molecule is Cc1ncccc1NC(=O)[C@H](C)NS(=O)(=O)N1CCCCCC1. The van der Waals surface area contributed by atoms with Crippen LogP contribution in [0.4, 0.5) is 5.69 Å².